The van der Waals surface area contributed by atoms with Gasteiger partial charge in [-0.2, -0.15) is 0 Å². The van der Waals surface area contributed by atoms with Crippen molar-refractivity contribution in [3.8, 4) is 0 Å². The van der Waals surface area contributed by atoms with Gasteiger partial charge in [-0.25, -0.2) is 8.42 Å². The molecule has 2 aromatic carbocycles. The summed E-state index contributed by atoms with van der Waals surface area (Å²) in [5.41, 5.74) is 1.79. The monoisotopic (exact) mass is 571 g/mol. The van der Waals surface area contributed by atoms with Crippen LogP contribution in [0.5, 0.6) is 0 Å². The molecule has 0 fully saturated rings. The van der Waals surface area contributed by atoms with Gasteiger partial charge in [0.15, 0.2) is 0 Å². The zero-order valence-corrected chi connectivity index (χ0v) is 23.0. The smallest absolute Gasteiger partial charge is 0.244 e. The number of nitrogens with zero attached hydrogens (tertiary/aromatic N) is 2. The fourth-order valence-corrected chi connectivity index (χ4v) is 4.91. The van der Waals surface area contributed by atoms with E-state index in [4.69, 9.17) is 11.6 Å². The van der Waals surface area contributed by atoms with Gasteiger partial charge in [0.1, 0.15) is 12.6 Å². The van der Waals surface area contributed by atoms with Gasteiger partial charge in [-0.3, -0.25) is 13.9 Å². The highest BCUT2D eigenvalue weighted by molar-refractivity contribution is 9.10. The molecule has 2 rings (SSSR count). The SMILES string of the molecule is CCCCNC(=O)C(C)N(Cc1cccc(Br)c1)C(=O)CN(c1cc(Cl)ccc1C)S(C)(=O)=O. The van der Waals surface area contributed by atoms with Gasteiger partial charge in [0, 0.05) is 22.6 Å². The Kier molecular flexibility index (Phi) is 10.4. The fourth-order valence-electron chi connectivity index (χ4n) is 3.40. The lowest BCUT2D eigenvalue weighted by Crippen LogP contribution is -2.51. The molecule has 0 aliphatic heterocycles. The molecule has 0 heterocycles. The summed E-state index contributed by atoms with van der Waals surface area (Å²) in [6, 6.07) is 11.5. The molecule has 0 radical (unpaired) electrons. The molecule has 2 aromatic rings. The van der Waals surface area contributed by atoms with Crippen molar-refractivity contribution in [3.05, 3.63) is 63.1 Å². The first kappa shape index (κ1) is 28.1. The highest BCUT2D eigenvalue weighted by atomic mass is 79.9. The molecule has 0 aromatic heterocycles. The number of carbonyl (C=O) groups excluding carboxylic acids is 2. The summed E-state index contributed by atoms with van der Waals surface area (Å²) in [6.07, 6.45) is 2.80. The molecule has 0 aliphatic rings. The van der Waals surface area contributed by atoms with Crippen molar-refractivity contribution in [3.63, 3.8) is 0 Å². The van der Waals surface area contributed by atoms with E-state index < -0.39 is 28.5 Å². The molecular formula is C24H31BrClN3O4S. The van der Waals surface area contributed by atoms with Crippen LogP contribution < -0.4 is 9.62 Å². The van der Waals surface area contributed by atoms with E-state index >= 15 is 0 Å². The molecule has 7 nitrogen and oxygen atoms in total. The van der Waals surface area contributed by atoms with Crippen molar-refractivity contribution >= 4 is 55.1 Å². The summed E-state index contributed by atoms with van der Waals surface area (Å²) in [5, 5.41) is 3.21. The molecule has 0 aliphatic carbocycles. The Morgan fingerprint density at radius 3 is 2.50 bits per heavy atom. The first-order chi connectivity index (χ1) is 15.9. The maximum absolute atomic E-state index is 13.5. The lowest BCUT2D eigenvalue weighted by atomic mass is 10.1. The number of aryl methyl sites for hydroxylation is 1. The fraction of sp³-hybridized carbons (Fsp3) is 0.417. The number of halogens is 2. The van der Waals surface area contributed by atoms with Crippen LogP contribution >= 0.6 is 27.5 Å². The first-order valence-corrected chi connectivity index (χ1v) is 14.0. The van der Waals surface area contributed by atoms with Crippen LogP contribution in [0.25, 0.3) is 0 Å². The molecule has 0 spiro atoms. The maximum Gasteiger partial charge on any atom is 0.244 e. The van der Waals surface area contributed by atoms with Gasteiger partial charge < -0.3 is 10.2 Å². The van der Waals surface area contributed by atoms with Gasteiger partial charge in [-0.1, -0.05) is 59.1 Å². The molecule has 10 heteroatoms. The first-order valence-electron chi connectivity index (χ1n) is 11.0. The van der Waals surface area contributed by atoms with Gasteiger partial charge in [0.2, 0.25) is 21.8 Å². The number of rotatable bonds is 11. The minimum atomic E-state index is -3.81. The number of nitrogens with one attached hydrogen (secondary N) is 1. The number of benzene rings is 2. The van der Waals surface area contributed by atoms with Gasteiger partial charge in [0.05, 0.1) is 11.9 Å². The molecule has 2 amide bonds. The number of amides is 2. The predicted molar refractivity (Wildman–Crippen MR) is 140 cm³/mol. The molecular weight excluding hydrogens is 542 g/mol. The topological polar surface area (TPSA) is 86.8 Å². The number of hydrogen-bond donors (Lipinski definition) is 1. The summed E-state index contributed by atoms with van der Waals surface area (Å²) in [7, 11) is -3.81. The lowest BCUT2D eigenvalue weighted by molar-refractivity contribution is -0.139. The highest BCUT2D eigenvalue weighted by Crippen LogP contribution is 2.27. The number of anilines is 1. The Hall–Kier alpha value is -2.10. The van der Waals surface area contributed by atoms with Crippen LogP contribution in [0.4, 0.5) is 5.69 Å². The van der Waals surface area contributed by atoms with E-state index in [2.05, 4.69) is 21.2 Å². The van der Waals surface area contributed by atoms with E-state index in [0.717, 1.165) is 33.4 Å². The van der Waals surface area contributed by atoms with Crippen LogP contribution in [0, 0.1) is 6.92 Å². The van der Waals surface area contributed by atoms with E-state index in [1.54, 1.807) is 26.0 Å². The number of sulfonamides is 1. The second-order valence-electron chi connectivity index (χ2n) is 8.17. The quantitative estimate of drug-likeness (QED) is 0.402. The third-order valence-electron chi connectivity index (χ3n) is 5.36. The molecule has 1 atom stereocenters. The number of unbranched alkanes of at least 4 members (excludes halogenated alkanes) is 1. The predicted octanol–water partition coefficient (Wildman–Crippen LogP) is 4.51. The number of hydrogen-bond acceptors (Lipinski definition) is 4. The molecule has 0 saturated carbocycles. The second-order valence-corrected chi connectivity index (χ2v) is 11.4. The summed E-state index contributed by atoms with van der Waals surface area (Å²) in [4.78, 5) is 27.7. The summed E-state index contributed by atoms with van der Waals surface area (Å²) >= 11 is 9.54. The van der Waals surface area contributed by atoms with Crippen molar-refractivity contribution in [1.29, 1.82) is 0 Å². The minimum Gasteiger partial charge on any atom is -0.354 e. The number of carbonyl (C=O) groups is 2. The van der Waals surface area contributed by atoms with Crippen LogP contribution in [0.3, 0.4) is 0 Å². The second kappa shape index (κ2) is 12.6. The Morgan fingerprint density at radius 1 is 1.18 bits per heavy atom. The van der Waals surface area contributed by atoms with Crippen molar-refractivity contribution in [2.24, 2.45) is 0 Å². The average molecular weight is 573 g/mol. The third kappa shape index (κ3) is 7.99. The Balaban J connectivity index is 2.39. The van der Waals surface area contributed by atoms with Crippen LogP contribution in [-0.4, -0.2) is 50.5 Å². The highest BCUT2D eigenvalue weighted by Gasteiger charge is 2.30. The Bertz CT molecular complexity index is 1130. The molecule has 34 heavy (non-hydrogen) atoms. The summed E-state index contributed by atoms with van der Waals surface area (Å²) in [6.45, 7) is 5.61. The van der Waals surface area contributed by atoms with Crippen molar-refractivity contribution in [1.82, 2.24) is 10.2 Å². The van der Waals surface area contributed by atoms with Gasteiger partial charge in [-0.15, -0.1) is 0 Å². The molecule has 0 saturated heterocycles. The lowest BCUT2D eigenvalue weighted by Gasteiger charge is -2.32. The van der Waals surface area contributed by atoms with Crippen LogP contribution in [0.15, 0.2) is 46.9 Å². The van der Waals surface area contributed by atoms with Crippen molar-refractivity contribution in [2.45, 2.75) is 46.2 Å². The van der Waals surface area contributed by atoms with E-state index in [9.17, 15) is 18.0 Å². The van der Waals surface area contributed by atoms with Crippen molar-refractivity contribution < 1.29 is 18.0 Å². The van der Waals surface area contributed by atoms with E-state index in [1.807, 2.05) is 31.2 Å². The van der Waals surface area contributed by atoms with E-state index in [0.29, 0.717) is 22.8 Å². The Labute approximate surface area is 215 Å². The van der Waals surface area contributed by atoms with Gasteiger partial charge in [0.25, 0.3) is 0 Å². The standard InChI is InChI=1S/C24H31BrClN3O4S/c1-5-6-12-27-24(31)18(3)28(15-19-8-7-9-20(25)13-19)23(30)16-29(34(4,32)33)22-14-21(26)11-10-17(22)2/h7-11,13-14,18H,5-6,12,15-16H2,1-4H3,(H,27,31). The van der Waals surface area contributed by atoms with Crippen LogP contribution in [0.1, 0.15) is 37.8 Å². The zero-order chi connectivity index (χ0) is 25.5. The molecule has 1 N–H and O–H groups in total. The largest absolute Gasteiger partial charge is 0.354 e. The molecule has 1 unspecified atom stereocenters. The van der Waals surface area contributed by atoms with Gasteiger partial charge >= 0.3 is 0 Å². The van der Waals surface area contributed by atoms with E-state index in [-0.39, 0.29) is 12.5 Å². The maximum atomic E-state index is 13.5. The average Bonchev–Trinajstić information content (AvgIpc) is 2.76. The van der Waals surface area contributed by atoms with Gasteiger partial charge in [-0.05, 0) is 55.7 Å². The van der Waals surface area contributed by atoms with E-state index in [1.165, 1.54) is 11.0 Å². The third-order valence-corrected chi connectivity index (χ3v) is 7.21. The normalized spacial score (nSPS) is 12.2. The minimum absolute atomic E-state index is 0.146. The summed E-state index contributed by atoms with van der Waals surface area (Å²) < 4.78 is 27.2. The molecule has 0 bridgehead atoms. The van der Waals surface area contributed by atoms with Crippen LogP contribution in [-0.2, 0) is 26.2 Å². The summed E-state index contributed by atoms with van der Waals surface area (Å²) in [5.74, 6) is -0.787. The Morgan fingerprint density at radius 2 is 1.88 bits per heavy atom. The zero-order valence-electron chi connectivity index (χ0n) is 19.8. The van der Waals surface area contributed by atoms with Crippen molar-refractivity contribution in [2.75, 3.05) is 23.7 Å². The molecule has 186 valence electrons. The van der Waals surface area contributed by atoms with Crippen LogP contribution in [0.2, 0.25) is 5.02 Å².